The van der Waals surface area contributed by atoms with Crippen LogP contribution in [-0.2, 0) is 62.6 Å². The van der Waals surface area contributed by atoms with Gasteiger partial charge in [0.25, 0.3) is 23.8 Å². The summed E-state index contributed by atoms with van der Waals surface area (Å²) in [6, 6.07) is 3.82. The lowest BCUT2D eigenvalue weighted by Gasteiger charge is -2.15. The van der Waals surface area contributed by atoms with Crippen molar-refractivity contribution in [1.29, 1.82) is 0 Å². The Morgan fingerprint density at radius 3 is 2.36 bits per heavy atom. The Labute approximate surface area is 350 Å². The van der Waals surface area contributed by atoms with Gasteiger partial charge in [0, 0.05) is 48.7 Å². The van der Waals surface area contributed by atoms with Gasteiger partial charge in [-0.1, -0.05) is 6.42 Å². The van der Waals surface area contributed by atoms with Gasteiger partial charge in [0.05, 0.1) is 48.2 Å². The molecule has 61 heavy (non-hydrogen) atoms. The number of unbranched alkanes of at least 4 members (excludes halogenated alkanes) is 3. The highest BCUT2D eigenvalue weighted by Gasteiger charge is 2.29. The number of carbonyl (C=O) groups excluding carboxylic acids is 7. The Morgan fingerprint density at radius 1 is 0.918 bits per heavy atom. The number of fused-ring (bicyclic) bond motifs is 4. The number of aryl methyl sites for hydroxylation is 2. The number of benzene rings is 1. The number of aliphatic hydroxyl groups is 1. The summed E-state index contributed by atoms with van der Waals surface area (Å²) in [6.07, 6.45) is 4.95. The number of rotatable bonds is 23. The van der Waals surface area contributed by atoms with Crippen LogP contribution in [0.1, 0.15) is 86.3 Å². The molecule has 0 bridgehead atoms. The van der Waals surface area contributed by atoms with E-state index >= 15 is 0 Å². The summed E-state index contributed by atoms with van der Waals surface area (Å²) < 4.78 is 26.8. The number of hydrogen-bond acceptors (Lipinski definition) is 12. The summed E-state index contributed by atoms with van der Waals surface area (Å²) >= 11 is 0. The summed E-state index contributed by atoms with van der Waals surface area (Å²) in [5.74, 6) is -3.22. The van der Waals surface area contributed by atoms with E-state index in [9.17, 15) is 47.9 Å². The highest BCUT2D eigenvalue weighted by Crippen LogP contribution is 2.38. The molecule has 1 aromatic carbocycles. The first-order valence-electron chi connectivity index (χ1n) is 20.0. The Hall–Kier alpha value is -6.34. The van der Waals surface area contributed by atoms with Gasteiger partial charge >= 0.3 is 0 Å². The average molecular weight is 848 g/mol. The fourth-order valence-electron chi connectivity index (χ4n) is 7.12. The van der Waals surface area contributed by atoms with Gasteiger partial charge in [-0.25, -0.2) is 9.37 Å². The van der Waals surface area contributed by atoms with Gasteiger partial charge in [0.15, 0.2) is 0 Å². The molecule has 5 rings (SSSR count). The van der Waals surface area contributed by atoms with E-state index in [4.69, 9.17) is 14.5 Å². The van der Waals surface area contributed by atoms with Crippen molar-refractivity contribution in [2.45, 2.75) is 91.0 Å². The minimum atomic E-state index is -1.03. The quantitative estimate of drug-likeness (QED) is 0.0307. The second-order valence-corrected chi connectivity index (χ2v) is 14.8. The Morgan fingerprint density at radius 2 is 1.64 bits per heavy atom. The second-order valence-electron chi connectivity index (χ2n) is 14.8. The molecule has 6 amide bonds. The third-order valence-electron chi connectivity index (χ3n) is 10.4. The van der Waals surface area contributed by atoms with Crippen LogP contribution >= 0.6 is 0 Å². The lowest BCUT2D eigenvalue weighted by molar-refractivity contribution is -0.137. The molecule has 1 unspecified atom stereocenters. The van der Waals surface area contributed by atoms with Crippen LogP contribution in [0, 0.1) is 12.7 Å². The van der Waals surface area contributed by atoms with Crippen molar-refractivity contribution in [3.05, 3.63) is 74.3 Å². The van der Waals surface area contributed by atoms with E-state index in [0.717, 1.165) is 21.4 Å². The third-order valence-corrected chi connectivity index (χ3v) is 10.4. The van der Waals surface area contributed by atoms with Crippen LogP contribution in [0.25, 0.3) is 22.3 Å². The highest BCUT2D eigenvalue weighted by molar-refractivity contribution is 6.12. The fraction of sp³-hybridized carbons (Fsp3) is 0.452. The summed E-state index contributed by atoms with van der Waals surface area (Å²) in [5, 5.41) is 21.1. The van der Waals surface area contributed by atoms with Crippen molar-refractivity contribution in [2.75, 3.05) is 33.0 Å². The van der Waals surface area contributed by atoms with Crippen LogP contribution in [0.3, 0.4) is 0 Å². The first kappa shape index (κ1) is 45.7. The number of nitrogens with zero attached hydrogens (tertiary/aromatic N) is 3. The maximum absolute atomic E-state index is 14.7. The minimum Gasteiger partial charge on any atom is -0.463 e. The molecule has 0 spiro atoms. The van der Waals surface area contributed by atoms with Crippen LogP contribution in [0.5, 0.6) is 0 Å². The first-order valence-corrected chi connectivity index (χ1v) is 20.0. The molecule has 326 valence electrons. The van der Waals surface area contributed by atoms with Crippen LogP contribution in [0.2, 0.25) is 0 Å². The molecule has 18 nitrogen and oxygen atoms in total. The molecule has 0 fully saturated rings. The van der Waals surface area contributed by atoms with Crippen LogP contribution in [0.15, 0.2) is 35.1 Å². The van der Waals surface area contributed by atoms with Gasteiger partial charge in [-0.2, -0.15) is 0 Å². The zero-order chi connectivity index (χ0) is 44.2. The molecule has 3 aromatic rings. The largest absolute Gasteiger partial charge is 0.463 e. The van der Waals surface area contributed by atoms with Crippen LogP contribution < -0.4 is 26.8 Å². The van der Waals surface area contributed by atoms with Gasteiger partial charge in [-0.05, 0) is 81.7 Å². The third kappa shape index (κ3) is 11.7. The monoisotopic (exact) mass is 847 g/mol. The molecule has 19 heteroatoms. The summed E-state index contributed by atoms with van der Waals surface area (Å²) in [5.41, 5.74) is 3.57. The van der Waals surface area contributed by atoms with E-state index in [1.165, 1.54) is 36.6 Å². The van der Waals surface area contributed by atoms with E-state index in [0.29, 0.717) is 66.6 Å². The highest BCUT2D eigenvalue weighted by atomic mass is 19.1. The molecule has 2 aliphatic rings. The van der Waals surface area contributed by atoms with Crippen molar-refractivity contribution in [1.82, 2.24) is 35.7 Å². The predicted molar refractivity (Wildman–Crippen MR) is 217 cm³/mol. The fourth-order valence-corrected chi connectivity index (χ4v) is 7.12. The summed E-state index contributed by atoms with van der Waals surface area (Å²) in [6.45, 7) is 4.42. The Kier molecular flexibility index (Phi) is 15.9. The maximum atomic E-state index is 14.7. The van der Waals surface area contributed by atoms with Crippen LogP contribution in [0.4, 0.5) is 4.39 Å². The number of ether oxygens (including phenoxy) is 2. The van der Waals surface area contributed by atoms with E-state index in [-0.39, 0.29) is 75.8 Å². The minimum absolute atomic E-state index is 0.128. The Balaban J connectivity index is 1.01. The zero-order valence-electron chi connectivity index (χ0n) is 34.3. The van der Waals surface area contributed by atoms with Crippen molar-refractivity contribution < 1.29 is 52.5 Å². The molecule has 4 heterocycles. The zero-order valence-corrected chi connectivity index (χ0v) is 34.3. The number of hydrogen-bond donors (Lipinski definition) is 5. The predicted octanol–water partition coefficient (Wildman–Crippen LogP) is 1.23. The normalized spacial score (nSPS) is 13.8. The molecule has 2 aromatic heterocycles. The molecule has 2 aliphatic heterocycles. The molecule has 5 N–H and O–H groups in total. The molecule has 2 atom stereocenters. The molecule has 0 aliphatic carbocycles. The van der Waals surface area contributed by atoms with E-state index in [1.54, 1.807) is 19.1 Å². The van der Waals surface area contributed by atoms with E-state index in [2.05, 4.69) is 21.3 Å². The second kappa shape index (κ2) is 21.3. The number of nitrogens with one attached hydrogen (secondary N) is 4. The molecular formula is C42H50FN7O11. The molecule has 0 saturated heterocycles. The lowest BCUT2D eigenvalue weighted by Crippen LogP contribution is -2.49. The number of pyridine rings is 2. The van der Waals surface area contributed by atoms with Gasteiger partial charge in [0.2, 0.25) is 23.6 Å². The topological polar surface area (TPSA) is 244 Å². The first-order chi connectivity index (χ1) is 29.2. The summed E-state index contributed by atoms with van der Waals surface area (Å²) in [7, 11) is 0. The molecular weight excluding hydrogens is 797 g/mol. The van der Waals surface area contributed by atoms with Gasteiger partial charge in [0.1, 0.15) is 25.2 Å². The smallest absolute Gasteiger partial charge is 0.293 e. The van der Waals surface area contributed by atoms with Gasteiger partial charge in [-0.15, -0.1) is 0 Å². The number of halogens is 1. The van der Waals surface area contributed by atoms with Crippen LogP contribution in [-0.4, -0.2) is 100 Å². The average Bonchev–Trinajstić information content (AvgIpc) is 3.76. The van der Waals surface area contributed by atoms with Crippen molar-refractivity contribution in [3.63, 3.8) is 0 Å². The summed E-state index contributed by atoms with van der Waals surface area (Å²) in [4.78, 5) is 103. The molecule has 0 radical (unpaired) electrons. The van der Waals surface area contributed by atoms with E-state index < -0.39 is 47.8 Å². The van der Waals surface area contributed by atoms with Crippen molar-refractivity contribution >= 4 is 52.8 Å². The standard InChI is InChI=1S/C42H50FN7O11/c1-24-15-29-27(30-20-50-34(40(30)48-33(29)17-32(24)43)16-28(26(3)52)31(42(50)59)21-61-23-51)9-6-8-14-60-22-46-41(58)25(2)47-37(55)19-45-36(54)18-44-35(53)10-5-4-7-13-49-38(56)11-12-39(49)57/h11-12,15-17,23,25-26,52H,4-10,13-14,18-22H2,1-3H3,(H,44,53)(H,45,54)(H,46,58)(H,47,55)/t25-,26?/m0/s1. The number of aromatic nitrogens is 2. The molecule has 0 saturated carbocycles. The van der Waals surface area contributed by atoms with E-state index in [1.807, 2.05) is 0 Å². The van der Waals surface area contributed by atoms with Gasteiger partial charge in [-0.3, -0.25) is 43.3 Å². The number of aliphatic hydroxyl groups excluding tert-OH is 1. The van der Waals surface area contributed by atoms with Gasteiger partial charge < -0.3 is 40.4 Å². The number of carbonyl (C=O) groups is 7. The maximum Gasteiger partial charge on any atom is 0.293 e. The van der Waals surface area contributed by atoms with Crippen molar-refractivity contribution in [3.8, 4) is 11.4 Å². The number of imide groups is 1. The van der Waals surface area contributed by atoms with Crippen molar-refractivity contribution in [2.24, 2.45) is 0 Å². The SMILES string of the molecule is Cc1cc2c(CCCCOCNC(=O)[C@H](C)NC(=O)CNC(=O)CNC(=O)CCCCCN3C(=O)C=CC3=O)c3c(nc2cc1F)-c1cc(C(C)O)c(COC=O)c(=O)n1C3. The Bertz CT molecular complexity index is 2270. The lowest BCUT2D eigenvalue weighted by atomic mass is 9.95. The number of amides is 6.